The average Bonchev–Trinajstić information content (AvgIpc) is 2.75. The van der Waals surface area contributed by atoms with Gasteiger partial charge in [0.25, 0.3) is 0 Å². The van der Waals surface area contributed by atoms with Crippen LogP contribution in [0.1, 0.15) is 0 Å². The van der Waals surface area contributed by atoms with E-state index in [1.165, 1.54) is 10.8 Å². The maximum atomic E-state index is 11.4. The zero-order chi connectivity index (χ0) is 11.0. The highest BCUT2D eigenvalue weighted by molar-refractivity contribution is 5.84. The molecule has 3 rings (SSSR count). The zero-order valence-electron chi connectivity index (χ0n) is 8.46. The number of fused-ring (bicyclic) bond motifs is 1. The Balaban J connectivity index is 2.27. The molecule has 0 fully saturated rings. The van der Waals surface area contributed by atoms with Crippen LogP contribution in [0, 0.1) is 0 Å². The second kappa shape index (κ2) is 3.38. The van der Waals surface area contributed by atoms with Gasteiger partial charge in [0.05, 0.1) is 11.9 Å². The highest BCUT2D eigenvalue weighted by Crippen LogP contribution is 2.17. The van der Waals surface area contributed by atoms with Crippen LogP contribution in [0.4, 0.5) is 0 Å². The topological polar surface area (TPSA) is 35.1 Å². The van der Waals surface area contributed by atoms with Gasteiger partial charge < -0.3 is 4.42 Å². The standard InChI is InChI=1S/C13H9NO2/c15-13-14(7-8-16-13)12-6-5-10-3-1-2-4-11(10)9-12/h1-9H. The first kappa shape index (κ1) is 8.97. The van der Waals surface area contributed by atoms with Crippen molar-refractivity contribution in [3.8, 4) is 5.69 Å². The first-order chi connectivity index (χ1) is 7.84. The van der Waals surface area contributed by atoms with Crippen LogP contribution in [-0.2, 0) is 0 Å². The molecule has 0 unspecified atom stereocenters. The Morgan fingerprint density at radius 3 is 2.56 bits per heavy atom. The number of nitrogens with zero attached hydrogens (tertiary/aromatic N) is 1. The number of benzene rings is 2. The fourth-order valence-corrected chi connectivity index (χ4v) is 1.79. The minimum absolute atomic E-state index is 0.365. The van der Waals surface area contributed by atoms with E-state index in [4.69, 9.17) is 4.42 Å². The Morgan fingerprint density at radius 1 is 1.00 bits per heavy atom. The molecule has 0 atom stereocenters. The molecule has 16 heavy (non-hydrogen) atoms. The summed E-state index contributed by atoms with van der Waals surface area (Å²) in [5, 5.41) is 2.26. The Kier molecular flexibility index (Phi) is 1.90. The van der Waals surface area contributed by atoms with Crippen molar-refractivity contribution < 1.29 is 4.42 Å². The van der Waals surface area contributed by atoms with Crippen molar-refractivity contribution in [2.45, 2.75) is 0 Å². The van der Waals surface area contributed by atoms with E-state index < -0.39 is 0 Å². The lowest BCUT2D eigenvalue weighted by molar-refractivity contribution is 0.504. The van der Waals surface area contributed by atoms with Gasteiger partial charge in [-0.15, -0.1) is 0 Å². The lowest BCUT2D eigenvalue weighted by Gasteiger charge is -2.02. The van der Waals surface area contributed by atoms with Crippen molar-refractivity contribution in [2.24, 2.45) is 0 Å². The molecule has 3 heteroatoms. The maximum absolute atomic E-state index is 11.4. The van der Waals surface area contributed by atoms with Gasteiger partial charge in [0.15, 0.2) is 0 Å². The van der Waals surface area contributed by atoms with Gasteiger partial charge in [-0.05, 0) is 22.9 Å². The van der Waals surface area contributed by atoms with Gasteiger partial charge >= 0.3 is 5.76 Å². The zero-order valence-corrected chi connectivity index (χ0v) is 8.46. The van der Waals surface area contributed by atoms with Crippen LogP contribution in [-0.4, -0.2) is 4.57 Å². The van der Waals surface area contributed by atoms with E-state index in [9.17, 15) is 4.79 Å². The lowest BCUT2D eigenvalue weighted by Crippen LogP contribution is -2.10. The summed E-state index contributed by atoms with van der Waals surface area (Å²) in [6, 6.07) is 13.9. The molecule has 2 aromatic carbocycles. The molecule has 0 saturated heterocycles. The van der Waals surface area contributed by atoms with Crippen LogP contribution in [0.15, 0.2) is 64.1 Å². The molecule has 0 amide bonds. The van der Waals surface area contributed by atoms with Crippen molar-refractivity contribution in [1.29, 1.82) is 0 Å². The molecule has 0 aliphatic rings. The third-order valence-electron chi connectivity index (χ3n) is 2.59. The summed E-state index contributed by atoms with van der Waals surface area (Å²) in [5.74, 6) is -0.365. The highest BCUT2D eigenvalue weighted by atomic mass is 16.4. The second-order valence-corrected chi connectivity index (χ2v) is 3.57. The molecule has 78 valence electrons. The predicted molar refractivity (Wildman–Crippen MR) is 61.8 cm³/mol. The lowest BCUT2D eigenvalue weighted by atomic mass is 10.1. The molecule has 0 aliphatic carbocycles. The van der Waals surface area contributed by atoms with Gasteiger partial charge in [0.1, 0.15) is 6.26 Å². The van der Waals surface area contributed by atoms with E-state index in [2.05, 4.69) is 0 Å². The molecular formula is C13H9NO2. The summed E-state index contributed by atoms with van der Waals surface area (Å²) in [6.45, 7) is 0. The third kappa shape index (κ3) is 1.34. The molecule has 0 spiro atoms. The number of oxazole rings is 1. The maximum Gasteiger partial charge on any atom is 0.423 e. The van der Waals surface area contributed by atoms with Crippen LogP contribution in [0.3, 0.4) is 0 Å². The fourth-order valence-electron chi connectivity index (χ4n) is 1.79. The van der Waals surface area contributed by atoms with Gasteiger partial charge in [-0.2, -0.15) is 0 Å². The average molecular weight is 211 g/mol. The van der Waals surface area contributed by atoms with Gasteiger partial charge in [-0.1, -0.05) is 30.3 Å². The quantitative estimate of drug-likeness (QED) is 0.620. The second-order valence-electron chi connectivity index (χ2n) is 3.57. The van der Waals surface area contributed by atoms with Crippen LogP contribution in [0.2, 0.25) is 0 Å². The van der Waals surface area contributed by atoms with E-state index in [0.29, 0.717) is 0 Å². The monoisotopic (exact) mass is 211 g/mol. The van der Waals surface area contributed by atoms with E-state index >= 15 is 0 Å². The van der Waals surface area contributed by atoms with Crippen molar-refractivity contribution in [3.05, 3.63) is 65.5 Å². The Labute approximate surface area is 91.6 Å². The van der Waals surface area contributed by atoms with Crippen LogP contribution >= 0.6 is 0 Å². The number of hydrogen-bond donors (Lipinski definition) is 0. The molecule has 3 aromatic rings. The molecule has 0 aliphatic heterocycles. The number of rotatable bonds is 1. The summed E-state index contributed by atoms with van der Waals surface area (Å²) in [5.41, 5.74) is 0.817. The van der Waals surface area contributed by atoms with E-state index in [0.717, 1.165) is 16.5 Å². The summed E-state index contributed by atoms with van der Waals surface area (Å²) in [4.78, 5) is 11.4. The molecule has 0 saturated carbocycles. The molecule has 0 N–H and O–H groups in total. The number of aromatic nitrogens is 1. The number of hydrogen-bond acceptors (Lipinski definition) is 2. The summed E-state index contributed by atoms with van der Waals surface area (Å²) < 4.78 is 6.22. The third-order valence-corrected chi connectivity index (χ3v) is 2.59. The SMILES string of the molecule is O=c1occn1-c1ccc2ccccc2c1. The molecule has 0 radical (unpaired) electrons. The Bertz CT molecular complexity index is 694. The smallest absolute Gasteiger partial charge is 0.416 e. The highest BCUT2D eigenvalue weighted by Gasteiger charge is 2.02. The first-order valence-corrected chi connectivity index (χ1v) is 5.00. The normalized spacial score (nSPS) is 10.8. The van der Waals surface area contributed by atoms with Crippen molar-refractivity contribution >= 4 is 10.8 Å². The van der Waals surface area contributed by atoms with Crippen LogP contribution in [0.5, 0.6) is 0 Å². The molecule has 3 nitrogen and oxygen atoms in total. The van der Waals surface area contributed by atoms with Crippen molar-refractivity contribution in [1.82, 2.24) is 4.57 Å². The molecule has 1 heterocycles. The van der Waals surface area contributed by atoms with E-state index in [-0.39, 0.29) is 5.76 Å². The minimum atomic E-state index is -0.365. The summed E-state index contributed by atoms with van der Waals surface area (Å²) in [7, 11) is 0. The van der Waals surface area contributed by atoms with E-state index in [1.807, 2.05) is 42.5 Å². The fraction of sp³-hybridized carbons (Fsp3) is 0. The van der Waals surface area contributed by atoms with E-state index in [1.54, 1.807) is 6.20 Å². The van der Waals surface area contributed by atoms with Gasteiger partial charge in [-0.3, -0.25) is 0 Å². The summed E-state index contributed by atoms with van der Waals surface area (Å²) >= 11 is 0. The molecule has 0 bridgehead atoms. The summed E-state index contributed by atoms with van der Waals surface area (Å²) in [6.07, 6.45) is 3.00. The Hall–Kier alpha value is -2.29. The van der Waals surface area contributed by atoms with Crippen molar-refractivity contribution in [3.63, 3.8) is 0 Å². The van der Waals surface area contributed by atoms with Crippen LogP contribution in [0.25, 0.3) is 16.5 Å². The largest absolute Gasteiger partial charge is 0.423 e. The first-order valence-electron chi connectivity index (χ1n) is 5.00. The Morgan fingerprint density at radius 2 is 1.81 bits per heavy atom. The minimum Gasteiger partial charge on any atom is -0.416 e. The van der Waals surface area contributed by atoms with Gasteiger partial charge in [-0.25, -0.2) is 9.36 Å². The van der Waals surface area contributed by atoms with Gasteiger partial charge in [0.2, 0.25) is 0 Å². The van der Waals surface area contributed by atoms with Crippen molar-refractivity contribution in [2.75, 3.05) is 0 Å². The molecule has 1 aromatic heterocycles. The predicted octanol–water partition coefficient (Wildman–Crippen LogP) is 2.58. The molecular weight excluding hydrogens is 202 g/mol. The van der Waals surface area contributed by atoms with Crippen LogP contribution < -0.4 is 5.76 Å². The van der Waals surface area contributed by atoms with Gasteiger partial charge in [0, 0.05) is 0 Å².